The topological polar surface area (TPSA) is 93.7 Å². The number of amides is 1. The second kappa shape index (κ2) is 9.70. The molecule has 166 valence electrons. The molecule has 1 heterocycles. The van der Waals surface area contributed by atoms with Crippen LogP contribution in [0.15, 0.2) is 47.4 Å². The number of ether oxygens (including phenoxy) is 2. The van der Waals surface area contributed by atoms with Gasteiger partial charge in [-0.1, -0.05) is 31.4 Å². The van der Waals surface area contributed by atoms with E-state index in [2.05, 4.69) is 10.0 Å². The molecule has 1 saturated carbocycles. The number of fused-ring (bicyclic) bond motifs is 1. The fourth-order valence-electron chi connectivity index (χ4n) is 3.95. The van der Waals surface area contributed by atoms with Crippen molar-refractivity contribution in [2.75, 3.05) is 19.8 Å². The van der Waals surface area contributed by atoms with Crippen molar-refractivity contribution in [2.45, 2.75) is 49.5 Å². The molecule has 0 atom stereocenters. The van der Waals surface area contributed by atoms with Gasteiger partial charge in [-0.25, -0.2) is 13.1 Å². The zero-order valence-corrected chi connectivity index (χ0v) is 18.2. The van der Waals surface area contributed by atoms with Gasteiger partial charge in [-0.05, 0) is 55.2 Å². The van der Waals surface area contributed by atoms with E-state index in [0.29, 0.717) is 43.2 Å². The lowest BCUT2D eigenvalue weighted by molar-refractivity contribution is 0.0953. The summed E-state index contributed by atoms with van der Waals surface area (Å²) in [5.41, 5.74) is 1.47. The molecule has 0 aromatic heterocycles. The Labute approximate surface area is 183 Å². The van der Waals surface area contributed by atoms with Crippen molar-refractivity contribution in [1.82, 2.24) is 10.0 Å². The first-order valence-electron chi connectivity index (χ1n) is 10.8. The molecule has 8 heteroatoms. The van der Waals surface area contributed by atoms with E-state index in [4.69, 9.17) is 9.47 Å². The molecular weight excluding hydrogens is 416 g/mol. The molecule has 0 radical (unpaired) electrons. The van der Waals surface area contributed by atoms with Crippen molar-refractivity contribution >= 4 is 15.9 Å². The molecule has 1 fully saturated rings. The Balaban J connectivity index is 1.28. The van der Waals surface area contributed by atoms with E-state index in [0.717, 1.165) is 31.2 Å². The van der Waals surface area contributed by atoms with Gasteiger partial charge < -0.3 is 14.8 Å². The third kappa shape index (κ3) is 5.57. The van der Waals surface area contributed by atoms with Crippen LogP contribution in [-0.2, 0) is 16.4 Å². The summed E-state index contributed by atoms with van der Waals surface area (Å²) >= 11 is 0. The molecule has 0 saturated heterocycles. The first-order chi connectivity index (χ1) is 15.0. The van der Waals surface area contributed by atoms with Crippen LogP contribution in [0.4, 0.5) is 0 Å². The number of carbonyl (C=O) groups is 1. The van der Waals surface area contributed by atoms with Crippen molar-refractivity contribution in [3.05, 3.63) is 53.6 Å². The Morgan fingerprint density at radius 3 is 2.39 bits per heavy atom. The number of benzene rings is 2. The van der Waals surface area contributed by atoms with Crippen molar-refractivity contribution < 1.29 is 22.7 Å². The lowest BCUT2D eigenvalue weighted by Crippen LogP contribution is -2.36. The van der Waals surface area contributed by atoms with Gasteiger partial charge in [0, 0.05) is 18.2 Å². The van der Waals surface area contributed by atoms with E-state index in [-0.39, 0.29) is 16.8 Å². The van der Waals surface area contributed by atoms with Crippen LogP contribution in [0.1, 0.15) is 48.0 Å². The first-order valence-corrected chi connectivity index (χ1v) is 12.3. The van der Waals surface area contributed by atoms with Gasteiger partial charge in [-0.15, -0.1) is 0 Å². The Morgan fingerprint density at radius 2 is 1.65 bits per heavy atom. The molecule has 2 aromatic carbocycles. The first kappa shape index (κ1) is 21.6. The molecule has 2 N–H and O–H groups in total. The van der Waals surface area contributed by atoms with Gasteiger partial charge in [0.05, 0.1) is 4.90 Å². The van der Waals surface area contributed by atoms with Gasteiger partial charge in [0.2, 0.25) is 10.0 Å². The molecular formula is C23H28N2O5S. The number of sulfonamides is 1. The average Bonchev–Trinajstić information content (AvgIpc) is 2.79. The van der Waals surface area contributed by atoms with Gasteiger partial charge >= 0.3 is 0 Å². The van der Waals surface area contributed by atoms with E-state index in [1.54, 1.807) is 42.5 Å². The predicted molar refractivity (Wildman–Crippen MR) is 117 cm³/mol. The van der Waals surface area contributed by atoms with Crippen LogP contribution >= 0.6 is 0 Å². The quantitative estimate of drug-likeness (QED) is 0.685. The monoisotopic (exact) mass is 444 g/mol. The Kier molecular flexibility index (Phi) is 6.77. The summed E-state index contributed by atoms with van der Waals surface area (Å²) in [6.45, 7) is 1.43. The number of rotatable bonds is 7. The minimum absolute atomic E-state index is 0.0363. The summed E-state index contributed by atoms with van der Waals surface area (Å²) in [4.78, 5) is 12.7. The molecule has 0 spiro atoms. The summed E-state index contributed by atoms with van der Waals surface area (Å²) in [5.74, 6) is 1.04. The summed E-state index contributed by atoms with van der Waals surface area (Å²) in [6.07, 6.45) is 5.74. The highest BCUT2D eigenvalue weighted by atomic mass is 32.2. The average molecular weight is 445 g/mol. The van der Waals surface area contributed by atoms with Crippen LogP contribution < -0.4 is 19.5 Å². The Hall–Kier alpha value is -2.58. The lowest BCUT2D eigenvalue weighted by atomic mass is 9.96. The van der Waals surface area contributed by atoms with Gasteiger partial charge in [-0.2, -0.15) is 0 Å². The standard InChI is InChI=1S/C23H28N2O5S/c26-23(18-8-11-21-22(16-18)30-15-14-29-21)24-13-12-17-6-9-20(10-7-17)31(27,28)25-19-4-2-1-3-5-19/h6-11,16,19,25H,1-5,12-15H2,(H,24,26). The Morgan fingerprint density at radius 1 is 0.935 bits per heavy atom. The van der Waals surface area contributed by atoms with Crippen LogP contribution in [0.25, 0.3) is 0 Å². The third-order valence-corrected chi connectivity index (χ3v) is 7.20. The van der Waals surface area contributed by atoms with Crippen molar-refractivity contribution in [3.63, 3.8) is 0 Å². The molecule has 31 heavy (non-hydrogen) atoms. The molecule has 7 nitrogen and oxygen atoms in total. The predicted octanol–water partition coefficient (Wildman–Crippen LogP) is 3.04. The number of carbonyl (C=O) groups excluding carboxylic acids is 1. The highest BCUT2D eigenvalue weighted by molar-refractivity contribution is 7.89. The zero-order valence-electron chi connectivity index (χ0n) is 17.4. The molecule has 2 aromatic rings. The fraction of sp³-hybridized carbons (Fsp3) is 0.435. The number of hydrogen-bond donors (Lipinski definition) is 2. The summed E-state index contributed by atoms with van der Waals surface area (Å²) in [6, 6.07) is 12.0. The van der Waals surface area contributed by atoms with E-state index in [1.165, 1.54) is 6.42 Å². The van der Waals surface area contributed by atoms with Crippen molar-refractivity contribution in [2.24, 2.45) is 0 Å². The summed E-state index contributed by atoms with van der Waals surface area (Å²) in [5, 5.41) is 2.89. The largest absolute Gasteiger partial charge is 0.486 e. The maximum absolute atomic E-state index is 12.6. The van der Waals surface area contributed by atoms with Crippen LogP contribution in [-0.4, -0.2) is 40.1 Å². The normalized spacial score (nSPS) is 16.6. The molecule has 4 rings (SSSR count). The highest BCUT2D eigenvalue weighted by Crippen LogP contribution is 2.30. The molecule has 0 bridgehead atoms. The molecule has 0 unspecified atom stereocenters. The maximum atomic E-state index is 12.6. The maximum Gasteiger partial charge on any atom is 0.251 e. The van der Waals surface area contributed by atoms with Crippen LogP contribution in [0.5, 0.6) is 11.5 Å². The van der Waals surface area contributed by atoms with E-state index >= 15 is 0 Å². The second-order valence-corrected chi connectivity index (χ2v) is 9.68. The lowest BCUT2D eigenvalue weighted by Gasteiger charge is -2.22. The van der Waals surface area contributed by atoms with Crippen LogP contribution in [0, 0.1) is 0 Å². The molecule has 1 amide bonds. The third-order valence-electron chi connectivity index (χ3n) is 5.66. The SMILES string of the molecule is O=C(NCCc1ccc(S(=O)(=O)NC2CCCCC2)cc1)c1ccc2c(c1)OCCO2. The van der Waals surface area contributed by atoms with E-state index in [1.807, 2.05) is 0 Å². The van der Waals surface area contributed by atoms with Gasteiger partial charge in [0.15, 0.2) is 11.5 Å². The Bertz CT molecular complexity index is 1010. The summed E-state index contributed by atoms with van der Waals surface area (Å²) < 4.78 is 39.0. The van der Waals surface area contributed by atoms with Gasteiger partial charge in [0.1, 0.15) is 13.2 Å². The number of hydrogen-bond acceptors (Lipinski definition) is 5. The smallest absolute Gasteiger partial charge is 0.251 e. The molecule has 1 aliphatic heterocycles. The van der Waals surface area contributed by atoms with Gasteiger partial charge in [0.25, 0.3) is 5.91 Å². The van der Waals surface area contributed by atoms with Crippen molar-refractivity contribution in [3.8, 4) is 11.5 Å². The minimum Gasteiger partial charge on any atom is -0.486 e. The molecule has 2 aliphatic rings. The fourth-order valence-corrected chi connectivity index (χ4v) is 5.26. The minimum atomic E-state index is -3.50. The zero-order chi connectivity index (χ0) is 21.7. The van der Waals surface area contributed by atoms with Gasteiger partial charge in [-0.3, -0.25) is 4.79 Å². The second-order valence-electron chi connectivity index (χ2n) is 7.96. The van der Waals surface area contributed by atoms with E-state index < -0.39 is 10.0 Å². The highest BCUT2D eigenvalue weighted by Gasteiger charge is 2.21. The summed E-state index contributed by atoms with van der Waals surface area (Å²) in [7, 11) is -3.50. The molecule has 1 aliphatic carbocycles. The number of nitrogens with one attached hydrogen (secondary N) is 2. The van der Waals surface area contributed by atoms with E-state index in [9.17, 15) is 13.2 Å². The van der Waals surface area contributed by atoms with Crippen molar-refractivity contribution in [1.29, 1.82) is 0 Å². The van der Waals surface area contributed by atoms with Crippen LogP contribution in [0.2, 0.25) is 0 Å². The van der Waals surface area contributed by atoms with Crippen LogP contribution in [0.3, 0.4) is 0 Å².